The maximum Gasteiger partial charge on any atom is 0.223 e. The van der Waals surface area contributed by atoms with E-state index in [-0.39, 0.29) is 17.9 Å². The Morgan fingerprint density at radius 1 is 1.35 bits per heavy atom. The van der Waals surface area contributed by atoms with Crippen molar-refractivity contribution < 1.29 is 9.53 Å². The summed E-state index contributed by atoms with van der Waals surface area (Å²) in [6.45, 7) is 5.45. The summed E-state index contributed by atoms with van der Waals surface area (Å²) in [7, 11) is 0. The maximum absolute atomic E-state index is 12.0. The third-order valence-corrected chi connectivity index (χ3v) is 3.90. The van der Waals surface area contributed by atoms with Gasteiger partial charge in [0.25, 0.3) is 0 Å². The predicted octanol–water partition coefficient (Wildman–Crippen LogP) is 0.917. The molecule has 4 heteroatoms. The Labute approximate surface area is 103 Å². The number of morpholine rings is 1. The summed E-state index contributed by atoms with van der Waals surface area (Å²) in [4.78, 5) is 12.0. The van der Waals surface area contributed by atoms with Gasteiger partial charge in [0.1, 0.15) is 0 Å². The largest absolute Gasteiger partial charge is 0.374 e. The molecule has 1 aliphatic carbocycles. The molecule has 1 unspecified atom stereocenters. The molecule has 0 aromatic carbocycles. The van der Waals surface area contributed by atoms with Crippen LogP contribution in [0.3, 0.4) is 0 Å². The summed E-state index contributed by atoms with van der Waals surface area (Å²) >= 11 is 0. The highest BCUT2D eigenvalue weighted by Crippen LogP contribution is 2.28. The minimum absolute atomic E-state index is 0.148. The molecule has 2 aliphatic rings. The first-order valence-corrected chi connectivity index (χ1v) is 6.85. The molecule has 4 nitrogen and oxygen atoms in total. The van der Waals surface area contributed by atoms with Crippen molar-refractivity contribution >= 4 is 5.91 Å². The van der Waals surface area contributed by atoms with Gasteiger partial charge in [-0.15, -0.1) is 0 Å². The SMILES string of the molecule is CC1CCC(C(=O)NCC2CNCCO2)CC1. The summed E-state index contributed by atoms with van der Waals surface area (Å²) in [5, 5.41) is 6.30. The fourth-order valence-corrected chi connectivity index (χ4v) is 2.63. The molecular weight excluding hydrogens is 216 g/mol. The molecule has 1 amide bonds. The van der Waals surface area contributed by atoms with Crippen molar-refractivity contribution in [2.45, 2.75) is 38.7 Å². The van der Waals surface area contributed by atoms with E-state index in [1.54, 1.807) is 0 Å². The Kier molecular flexibility index (Phi) is 4.80. The zero-order valence-electron chi connectivity index (χ0n) is 10.7. The van der Waals surface area contributed by atoms with Crippen molar-refractivity contribution in [1.29, 1.82) is 0 Å². The minimum Gasteiger partial charge on any atom is -0.374 e. The van der Waals surface area contributed by atoms with E-state index in [0.29, 0.717) is 6.54 Å². The highest BCUT2D eigenvalue weighted by Gasteiger charge is 2.24. The lowest BCUT2D eigenvalue weighted by Crippen LogP contribution is -2.46. The van der Waals surface area contributed by atoms with Crippen molar-refractivity contribution in [3.05, 3.63) is 0 Å². The Bertz CT molecular complexity index is 244. The Morgan fingerprint density at radius 2 is 2.12 bits per heavy atom. The smallest absolute Gasteiger partial charge is 0.223 e. The second-order valence-corrected chi connectivity index (χ2v) is 5.40. The normalized spacial score (nSPS) is 34.3. The van der Waals surface area contributed by atoms with Gasteiger partial charge in [-0.3, -0.25) is 4.79 Å². The maximum atomic E-state index is 12.0. The lowest BCUT2D eigenvalue weighted by molar-refractivity contribution is -0.127. The van der Waals surface area contributed by atoms with Crippen LogP contribution in [0.5, 0.6) is 0 Å². The van der Waals surface area contributed by atoms with E-state index < -0.39 is 0 Å². The van der Waals surface area contributed by atoms with E-state index in [2.05, 4.69) is 17.6 Å². The van der Waals surface area contributed by atoms with Crippen molar-refractivity contribution in [3.8, 4) is 0 Å². The molecule has 2 fully saturated rings. The number of nitrogens with one attached hydrogen (secondary N) is 2. The molecule has 17 heavy (non-hydrogen) atoms. The zero-order valence-corrected chi connectivity index (χ0v) is 10.7. The van der Waals surface area contributed by atoms with Gasteiger partial charge in [0.15, 0.2) is 0 Å². The molecule has 98 valence electrons. The first kappa shape index (κ1) is 12.8. The van der Waals surface area contributed by atoms with Gasteiger partial charge in [0, 0.05) is 25.6 Å². The monoisotopic (exact) mass is 240 g/mol. The number of hydrogen-bond donors (Lipinski definition) is 2. The van der Waals surface area contributed by atoms with Crippen LogP contribution in [0.4, 0.5) is 0 Å². The minimum atomic E-state index is 0.148. The average molecular weight is 240 g/mol. The van der Waals surface area contributed by atoms with Gasteiger partial charge in [-0.05, 0) is 31.6 Å². The second-order valence-electron chi connectivity index (χ2n) is 5.40. The third kappa shape index (κ3) is 3.96. The molecular formula is C13H24N2O2. The van der Waals surface area contributed by atoms with Crippen molar-refractivity contribution in [1.82, 2.24) is 10.6 Å². The molecule has 0 spiro atoms. The molecule has 1 saturated heterocycles. The Balaban J connectivity index is 1.66. The Morgan fingerprint density at radius 3 is 2.76 bits per heavy atom. The van der Waals surface area contributed by atoms with E-state index in [0.717, 1.165) is 38.5 Å². The van der Waals surface area contributed by atoms with Crippen LogP contribution >= 0.6 is 0 Å². The summed E-state index contributed by atoms with van der Waals surface area (Å²) in [5.41, 5.74) is 0. The molecule has 0 aromatic heterocycles. The molecule has 1 atom stereocenters. The van der Waals surface area contributed by atoms with E-state index in [1.807, 2.05) is 0 Å². The van der Waals surface area contributed by atoms with E-state index >= 15 is 0 Å². The second kappa shape index (κ2) is 6.36. The molecule has 2 rings (SSSR count). The molecule has 0 radical (unpaired) electrons. The van der Waals surface area contributed by atoms with Gasteiger partial charge in [0.2, 0.25) is 5.91 Å². The zero-order chi connectivity index (χ0) is 12.1. The van der Waals surface area contributed by atoms with Crippen LogP contribution < -0.4 is 10.6 Å². The lowest BCUT2D eigenvalue weighted by Gasteiger charge is -2.27. The molecule has 0 bridgehead atoms. The van der Waals surface area contributed by atoms with E-state index in [9.17, 15) is 4.79 Å². The van der Waals surface area contributed by atoms with Crippen LogP contribution in [0.2, 0.25) is 0 Å². The van der Waals surface area contributed by atoms with Crippen LogP contribution in [-0.2, 0) is 9.53 Å². The van der Waals surface area contributed by atoms with Gasteiger partial charge in [-0.25, -0.2) is 0 Å². The molecule has 0 aromatic rings. The van der Waals surface area contributed by atoms with Crippen molar-refractivity contribution in [3.63, 3.8) is 0 Å². The average Bonchev–Trinajstić information content (AvgIpc) is 2.38. The summed E-state index contributed by atoms with van der Waals surface area (Å²) in [6, 6.07) is 0. The molecule has 1 aliphatic heterocycles. The van der Waals surface area contributed by atoms with Crippen LogP contribution in [0.25, 0.3) is 0 Å². The molecule has 1 heterocycles. The Hall–Kier alpha value is -0.610. The lowest BCUT2D eigenvalue weighted by atomic mass is 9.82. The summed E-state index contributed by atoms with van der Waals surface area (Å²) in [5.74, 6) is 1.26. The van der Waals surface area contributed by atoms with Crippen LogP contribution in [0.1, 0.15) is 32.6 Å². The van der Waals surface area contributed by atoms with Crippen molar-refractivity contribution in [2.24, 2.45) is 11.8 Å². The van der Waals surface area contributed by atoms with Gasteiger partial charge >= 0.3 is 0 Å². The van der Waals surface area contributed by atoms with E-state index in [4.69, 9.17) is 4.74 Å². The number of hydrogen-bond acceptors (Lipinski definition) is 3. The van der Waals surface area contributed by atoms with Gasteiger partial charge in [-0.2, -0.15) is 0 Å². The van der Waals surface area contributed by atoms with E-state index in [1.165, 1.54) is 12.8 Å². The van der Waals surface area contributed by atoms with Gasteiger partial charge in [-0.1, -0.05) is 6.92 Å². The number of carbonyl (C=O) groups excluding carboxylic acids is 1. The topological polar surface area (TPSA) is 50.4 Å². The number of rotatable bonds is 3. The summed E-state index contributed by atoms with van der Waals surface area (Å²) in [6.07, 6.45) is 4.64. The number of ether oxygens (including phenoxy) is 1. The fraction of sp³-hybridized carbons (Fsp3) is 0.923. The quantitative estimate of drug-likeness (QED) is 0.771. The number of carbonyl (C=O) groups is 1. The first-order valence-electron chi connectivity index (χ1n) is 6.85. The first-order chi connectivity index (χ1) is 8.25. The predicted molar refractivity (Wildman–Crippen MR) is 66.7 cm³/mol. The fourth-order valence-electron chi connectivity index (χ4n) is 2.63. The molecule has 2 N–H and O–H groups in total. The van der Waals surface area contributed by atoms with Crippen molar-refractivity contribution in [2.75, 3.05) is 26.2 Å². The van der Waals surface area contributed by atoms with Crippen LogP contribution in [-0.4, -0.2) is 38.3 Å². The number of amides is 1. The van der Waals surface area contributed by atoms with Crippen LogP contribution in [0.15, 0.2) is 0 Å². The highest BCUT2D eigenvalue weighted by atomic mass is 16.5. The highest BCUT2D eigenvalue weighted by molar-refractivity contribution is 5.78. The van der Waals surface area contributed by atoms with Gasteiger partial charge in [0.05, 0.1) is 12.7 Å². The van der Waals surface area contributed by atoms with Crippen LogP contribution in [0, 0.1) is 11.8 Å². The standard InChI is InChI=1S/C13H24N2O2/c1-10-2-4-11(5-3-10)13(16)15-9-12-8-14-6-7-17-12/h10-12,14H,2-9H2,1H3,(H,15,16). The van der Waals surface area contributed by atoms with Gasteiger partial charge < -0.3 is 15.4 Å². The third-order valence-electron chi connectivity index (χ3n) is 3.90. The summed E-state index contributed by atoms with van der Waals surface area (Å²) < 4.78 is 5.56. The molecule has 1 saturated carbocycles.